The highest BCUT2D eigenvalue weighted by atomic mass is 79.9. The second-order valence-electron chi connectivity index (χ2n) is 4.61. The van der Waals surface area contributed by atoms with Crippen molar-refractivity contribution < 1.29 is 0 Å². The first kappa shape index (κ1) is 12.4. The summed E-state index contributed by atoms with van der Waals surface area (Å²) >= 11 is 5.26. The van der Waals surface area contributed by atoms with Crippen LogP contribution in [0.4, 0.5) is 0 Å². The third-order valence-electron chi connectivity index (χ3n) is 3.37. The maximum Gasteiger partial charge on any atom is 0.150 e. The average molecular weight is 326 g/mol. The van der Waals surface area contributed by atoms with Crippen LogP contribution in [0.2, 0.25) is 0 Å². The van der Waals surface area contributed by atoms with Crippen LogP contribution in [0.15, 0.2) is 15.9 Å². The smallest absolute Gasteiger partial charge is 0.150 e. The van der Waals surface area contributed by atoms with E-state index in [0.29, 0.717) is 6.54 Å². The molecular weight excluding hydrogens is 310 g/mol. The molecule has 0 fully saturated rings. The van der Waals surface area contributed by atoms with Gasteiger partial charge in [0.1, 0.15) is 0 Å². The predicted octanol–water partition coefficient (Wildman–Crippen LogP) is 3.21. The van der Waals surface area contributed by atoms with Gasteiger partial charge in [-0.05, 0) is 47.8 Å². The lowest BCUT2D eigenvalue weighted by Gasteiger charge is -2.16. The number of aromatic nitrogens is 2. The highest BCUT2D eigenvalue weighted by molar-refractivity contribution is 9.10. The fraction of sp³-hybridized carbons (Fsp3) is 0.462. The van der Waals surface area contributed by atoms with E-state index < -0.39 is 0 Å². The summed E-state index contributed by atoms with van der Waals surface area (Å²) in [5, 5.41) is 2.11. The van der Waals surface area contributed by atoms with Gasteiger partial charge in [-0.25, -0.2) is 4.98 Å². The van der Waals surface area contributed by atoms with Crippen molar-refractivity contribution in [2.75, 3.05) is 6.54 Å². The molecule has 3 nitrogen and oxygen atoms in total. The van der Waals surface area contributed by atoms with Gasteiger partial charge in [0.2, 0.25) is 0 Å². The number of imidazole rings is 1. The van der Waals surface area contributed by atoms with Crippen molar-refractivity contribution in [1.29, 1.82) is 0 Å². The van der Waals surface area contributed by atoms with Crippen molar-refractivity contribution in [1.82, 2.24) is 9.55 Å². The number of halogens is 1. The Balaban J connectivity index is 2.08. The normalized spacial score (nSPS) is 14.8. The second-order valence-corrected chi connectivity index (χ2v) is 6.43. The van der Waals surface area contributed by atoms with E-state index in [-0.39, 0.29) is 0 Å². The Kier molecular flexibility index (Phi) is 3.54. The lowest BCUT2D eigenvalue weighted by atomic mass is 10.1. The van der Waals surface area contributed by atoms with Gasteiger partial charge in [-0.15, -0.1) is 11.3 Å². The summed E-state index contributed by atoms with van der Waals surface area (Å²) in [7, 11) is 0. The van der Waals surface area contributed by atoms with Gasteiger partial charge in [0.25, 0.3) is 0 Å². The van der Waals surface area contributed by atoms with E-state index in [4.69, 9.17) is 10.7 Å². The molecule has 0 radical (unpaired) electrons. The van der Waals surface area contributed by atoms with Gasteiger partial charge < -0.3 is 10.3 Å². The molecule has 1 aliphatic rings. The third-order valence-corrected chi connectivity index (χ3v) is 5.06. The van der Waals surface area contributed by atoms with Crippen molar-refractivity contribution in [2.45, 2.75) is 32.2 Å². The zero-order chi connectivity index (χ0) is 12.5. The minimum Gasteiger partial charge on any atom is -0.330 e. The zero-order valence-electron chi connectivity index (χ0n) is 10.2. The summed E-state index contributed by atoms with van der Waals surface area (Å²) in [6.45, 7) is 1.77. The Bertz CT molecular complexity index is 559. The van der Waals surface area contributed by atoms with Gasteiger partial charge in [-0.2, -0.15) is 0 Å². The Morgan fingerprint density at radius 2 is 2.33 bits per heavy atom. The fourth-order valence-electron chi connectivity index (χ4n) is 2.57. The van der Waals surface area contributed by atoms with Crippen LogP contribution in [0, 0.1) is 0 Å². The van der Waals surface area contributed by atoms with E-state index >= 15 is 0 Å². The van der Waals surface area contributed by atoms with E-state index in [2.05, 4.69) is 31.9 Å². The van der Waals surface area contributed by atoms with E-state index in [1.54, 1.807) is 11.3 Å². The van der Waals surface area contributed by atoms with Crippen molar-refractivity contribution in [3.63, 3.8) is 0 Å². The molecule has 0 unspecified atom stereocenters. The lowest BCUT2D eigenvalue weighted by molar-refractivity contribution is 0.533. The topological polar surface area (TPSA) is 43.8 Å². The lowest BCUT2D eigenvalue weighted by Crippen LogP contribution is -2.13. The molecule has 96 valence electrons. The van der Waals surface area contributed by atoms with Gasteiger partial charge in [-0.3, -0.25) is 0 Å². The van der Waals surface area contributed by atoms with E-state index in [1.165, 1.54) is 29.1 Å². The molecule has 2 N–H and O–H groups in total. The van der Waals surface area contributed by atoms with E-state index in [1.807, 2.05) is 0 Å². The second kappa shape index (κ2) is 5.15. The molecule has 3 heterocycles. The number of fused-ring (bicyclic) bond motifs is 1. The quantitative estimate of drug-likeness (QED) is 0.941. The first-order valence-electron chi connectivity index (χ1n) is 6.32. The maximum atomic E-state index is 5.69. The van der Waals surface area contributed by atoms with Crippen LogP contribution in [0.1, 0.15) is 24.2 Å². The Morgan fingerprint density at radius 3 is 3.06 bits per heavy atom. The SMILES string of the molecule is NCCc1nc(-c2cc(Br)cs2)n2c1CCCC2. The third kappa shape index (κ3) is 2.15. The van der Waals surface area contributed by atoms with Crippen LogP contribution in [-0.4, -0.2) is 16.1 Å². The molecule has 0 saturated carbocycles. The number of rotatable bonds is 3. The van der Waals surface area contributed by atoms with Crippen LogP contribution < -0.4 is 5.73 Å². The molecule has 0 aromatic carbocycles. The molecule has 0 spiro atoms. The van der Waals surface area contributed by atoms with Gasteiger partial charge >= 0.3 is 0 Å². The molecule has 0 bridgehead atoms. The molecule has 0 saturated heterocycles. The minimum atomic E-state index is 0.678. The van der Waals surface area contributed by atoms with Crippen LogP contribution >= 0.6 is 27.3 Å². The average Bonchev–Trinajstić information content (AvgIpc) is 2.95. The first-order valence-corrected chi connectivity index (χ1v) is 7.99. The summed E-state index contributed by atoms with van der Waals surface area (Å²) in [6, 6.07) is 2.15. The van der Waals surface area contributed by atoms with Crippen molar-refractivity contribution in [3.8, 4) is 10.7 Å². The summed E-state index contributed by atoms with van der Waals surface area (Å²) in [4.78, 5) is 6.08. The van der Waals surface area contributed by atoms with Crippen LogP contribution in [0.5, 0.6) is 0 Å². The molecule has 2 aromatic heterocycles. The largest absolute Gasteiger partial charge is 0.330 e. The van der Waals surface area contributed by atoms with Crippen LogP contribution in [-0.2, 0) is 19.4 Å². The molecule has 5 heteroatoms. The fourth-order valence-corrected chi connectivity index (χ4v) is 4.00. The van der Waals surface area contributed by atoms with Crippen molar-refractivity contribution in [3.05, 3.63) is 27.3 Å². The van der Waals surface area contributed by atoms with Gasteiger partial charge in [0.05, 0.1) is 10.6 Å². The molecule has 0 aliphatic carbocycles. The summed E-state index contributed by atoms with van der Waals surface area (Å²) in [5.41, 5.74) is 8.31. The molecule has 18 heavy (non-hydrogen) atoms. The van der Waals surface area contributed by atoms with Gasteiger partial charge in [-0.1, -0.05) is 0 Å². The molecule has 2 aromatic rings. The number of nitrogens with zero attached hydrogens (tertiary/aromatic N) is 2. The van der Waals surface area contributed by atoms with Gasteiger partial charge in [0.15, 0.2) is 5.82 Å². The van der Waals surface area contributed by atoms with Crippen LogP contribution in [0.3, 0.4) is 0 Å². The number of nitrogens with two attached hydrogens (primary N) is 1. The Morgan fingerprint density at radius 1 is 1.44 bits per heavy atom. The first-order chi connectivity index (χ1) is 8.79. The number of thiophene rings is 1. The van der Waals surface area contributed by atoms with Crippen molar-refractivity contribution in [2.24, 2.45) is 5.73 Å². The molecule has 3 rings (SSSR count). The maximum absolute atomic E-state index is 5.69. The predicted molar refractivity (Wildman–Crippen MR) is 78.9 cm³/mol. The summed E-state index contributed by atoms with van der Waals surface area (Å²) in [6.07, 6.45) is 4.57. The monoisotopic (exact) mass is 325 g/mol. The Hall–Kier alpha value is -0.650. The minimum absolute atomic E-state index is 0.678. The Labute approximate surface area is 119 Å². The molecular formula is C13H16BrN3S. The number of hydrogen-bond acceptors (Lipinski definition) is 3. The number of hydrogen-bond donors (Lipinski definition) is 1. The highest BCUT2D eigenvalue weighted by Gasteiger charge is 2.21. The highest BCUT2D eigenvalue weighted by Crippen LogP contribution is 2.33. The van der Waals surface area contributed by atoms with Gasteiger partial charge in [0, 0.05) is 28.5 Å². The van der Waals surface area contributed by atoms with Crippen molar-refractivity contribution >= 4 is 27.3 Å². The summed E-state index contributed by atoms with van der Waals surface area (Å²) < 4.78 is 3.53. The summed E-state index contributed by atoms with van der Waals surface area (Å²) in [5.74, 6) is 1.13. The van der Waals surface area contributed by atoms with Crippen LogP contribution in [0.25, 0.3) is 10.7 Å². The molecule has 1 aliphatic heterocycles. The standard InChI is InChI=1S/C13H16BrN3S/c14-9-7-12(18-8-9)13-16-10(4-5-15)11-3-1-2-6-17(11)13/h7-8H,1-6,15H2. The zero-order valence-corrected chi connectivity index (χ0v) is 12.6. The van der Waals surface area contributed by atoms with E-state index in [0.717, 1.165) is 29.7 Å². The molecule has 0 amide bonds. The van der Waals surface area contributed by atoms with E-state index in [9.17, 15) is 0 Å². The molecule has 0 atom stereocenters.